The van der Waals surface area contributed by atoms with Gasteiger partial charge in [0, 0.05) is 16.8 Å². The molecule has 0 aliphatic heterocycles. The fourth-order valence-electron chi connectivity index (χ4n) is 3.56. The number of aliphatic carboxylic acids is 1. The number of alkyl halides is 2. The predicted octanol–water partition coefficient (Wildman–Crippen LogP) is 5.71. The van der Waals surface area contributed by atoms with Gasteiger partial charge >= 0.3 is 12.6 Å². The summed E-state index contributed by atoms with van der Waals surface area (Å²) in [4.78, 5) is 15.6. The van der Waals surface area contributed by atoms with Crippen molar-refractivity contribution in [2.24, 2.45) is 0 Å². The van der Waals surface area contributed by atoms with Gasteiger partial charge in [-0.25, -0.2) is 4.98 Å². The number of nitrogens with zero attached hydrogens (tertiary/aromatic N) is 1. The van der Waals surface area contributed by atoms with Crippen LogP contribution in [0.1, 0.15) is 29.5 Å². The summed E-state index contributed by atoms with van der Waals surface area (Å²) in [5.74, 6) is -0.955. The molecule has 1 aromatic heterocycles. The standard InChI is InChI=1S/C23H18ClF2NO3/c24-18-3-1-2-16(12-18)19-11-15(13-27-20(19)30-22(25)26)10-14-4-6-17(7-5-14)23(8-9-23)21(28)29/h1-7,11-13,22H,8-10H2,(H,28,29). The molecule has 0 atom stereocenters. The highest BCUT2D eigenvalue weighted by atomic mass is 35.5. The third kappa shape index (κ3) is 4.14. The van der Waals surface area contributed by atoms with E-state index in [-0.39, 0.29) is 5.88 Å². The lowest BCUT2D eigenvalue weighted by Gasteiger charge is -2.13. The first-order chi connectivity index (χ1) is 14.4. The quantitative estimate of drug-likeness (QED) is 0.522. The molecule has 4 nitrogen and oxygen atoms in total. The Morgan fingerprint density at radius 2 is 1.87 bits per heavy atom. The highest BCUT2D eigenvalue weighted by molar-refractivity contribution is 6.30. The third-order valence-corrected chi connectivity index (χ3v) is 5.55. The normalized spacial score (nSPS) is 14.5. The lowest BCUT2D eigenvalue weighted by Crippen LogP contribution is -2.19. The fourth-order valence-corrected chi connectivity index (χ4v) is 3.75. The fraction of sp³-hybridized carbons (Fsp3) is 0.217. The number of pyridine rings is 1. The number of ether oxygens (including phenoxy) is 1. The Bertz CT molecular complexity index is 1080. The van der Waals surface area contributed by atoms with Crippen LogP contribution < -0.4 is 4.74 Å². The summed E-state index contributed by atoms with van der Waals surface area (Å²) in [5, 5.41) is 9.90. The van der Waals surface area contributed by atoms with Gasteiger partial charge in [-0.1, -0.05) is 48.0 Å². The molecule has 4 rings (SSSR count). The Morgan fingerprint density at radius 1 is 1.13 bits per heavy atom. The summed E-state index contributed by atoms with van der Waals surface area (Å²) in [7, 11) is 0. The number of carbonyl (C=O) groups is 1. The molecule has 154 valence electrons. The molecule has 1 saturated carbocycles. The van der Waals surface area contributed by atoms with Gasteiger partial charge in [0.2, 0.25) is 5.88 Å². The second kappa shape index (κ2) is 8.03. The molecule has 1 aliphatic rings. The largest absolute Gasteiger partial charge is 0.481 e. The maximum Gasteiger partial charge on any atom is 0.388 e. The van der Waals surface area contributed by atoms with Gasteiger partial charge in [0.1, 0.15) is 0 Å². The van der Waals surface area contributed by atoms with Crippen LogP contribution in [0.5, 0.6) is 5.88 Å². The highest BCUT2D eigenvalue weighted by Gasteiger charge is 2.51. The molecular formula is C23H18ClF2NO3. The molecule has 1 heterocycles. The number of aromatic nitrogens is 1. The van der Waals surface area contributed by atoms with Crippen molar-refractivity contribution in [3.05, 3.63) is 82.5 Å². The Morgan fingerprint density at radius 3 is 2.47 bits per heavy atom. The molecule has 3 aromatic rings. The van der Waals surface area contributed by atoms with Gasteiger partial charge in [0.25, 0.3) is 0 Å². The van der Waals surface area contributed by atoms with E-state index in [1.165, 1.54) is 6.20 Å². The molecule has 0 radical (unpaired) electrons. The van der Waals surface area contributed by atoms with Crippen LogP contribution >= 0.6 is 11.6 Å². The van der Waals surface area contributed by atoms with E-state index in [1.807, 2.05) is 24.3 Å². The van der Waals surface area contributed by atoms with E-state index in [9.17, 15) is 18.7 Å². The Labute approximate surface area is 177 Å². The lowest BCUT2D eigenvalue weighted by atomic mass is 9.94. The molecule has 1 fully saturated rings. The molecule has 1 N–H and O–H groups in total. The van der Waals surface area contributed by atoms with Gasteiger partial charge in [0.05, 0.1) is 5.41 Å². The van der Waals surface area contributed by atoms with E-state index in [0.717, 1.165) is 16.7 Å². The van der Waals surface area contributed by atoms with E-state index >= 15 is 0 Å². The maximum atomic E-state index is 12.8. The van der Waals surface area contributed by atoms with Crippen molar-refractivity contribution in [1.82, 2.24) is 4.98 Å². The van der Waals surface area contributed by atoms with E-state index in [2.05, 4.69) is 9.72 Å². The van der Waals surface area contributed by atoms with Crippen LogP contribution in [0.4, 0.5) is 8.78 Å². The molecule has 0 bridgehead atoms. The molecule has 0 spiro atoms. The maximum absolute atomic E-state index is 12.8. The number of carboxylic acid groups (broad SMARTS) is 1. The van der Waals surface area contributed by atoms with Crippen molar-refractivity contribution in [1.29, 1.82) is 0 Å². The van der Waals surface area contributed by atoms with Crippen molar-refractivity contribution in [3.63, 3.8) is 0 Å². The second-order valence-corrected chi connectivity index (χ2v) is 7.78. The van der Waals surface area contributed by atoms with Crippen LogP contribution in [0.2, 0.25) is 5.02 Å². The van der Waals surface area contributed by atoms with Crippen molar-refractivity contribution < 1.29 is 23.4 Å². The van der Waals surface area contributed by atoms with Crippen LogP contribution in [-0.4, -0.2) is 22.7 Å². The highest BCUT2D eigenvalue weighted by Crippen LogP contribution is 2.48. The zero-order chi connectivity index (χ0) is 21.3. The topological polar surface area (TPSA) is 59.4 Å². The van der Waals surface area contributed by atoms with Crippen LogP contribution in [0, 0.1) is 0 Å². The number of hydrogen-bond acceptors (Lipinski definition) is 3. The number of halogens is 3. The monoisotopic (exact) mass is 429 g/mol. The smallest absolute Gasteiger partial charge is 0.388 e. The molecule has 7 heteroatoms. The summed E-state index contributed by atoms with van der Waals surface area (Å²) < 4.78 is 30.2. The Balaban J connectivity index is 1.62. The first-order valence-electron chi connectivity index (χ1n) is 9.40. The number of carboxylic acids is 1. The number of hydrogen-bond donors (Lipinski definition) is 1. The molecule has 2 aromatic carbocycles. The number of rotatable bonds is 7. The molecule has 1 aliphatic carbocycles. The van der Waals surface area contributed by atoms with Crippen LogP contribution in [0.15, 0.2) is 60.8 Å². The molecule has 30 heavy (non-hydrogen) atoms. The first-order valence-corrected chi connectivity index (χ1v) is 9.78. The Hall–Kier alpha value is -2.99. The zero-order valence-corrected chi connectivity index (χ0v) is 16.6. The van der Waals surface area contributed by atoms with Gasteiger partial charge in [-0.15, -0.1) is 0 Å². The van der Waals surface area contributed by atoms with Gasteiger partial charge < -0.3 is 9.84 Å². The Kier molecular flexibility index (Phi) is 5.43. The summed E-state index contributed by atoms with van der Waals surface area (Å²) in [6.07, 6.45) is 3.32. The predicted molar refractivity (Wildman–Crippen MR) is 109 cm³/mol. The van der Waals surface area contributed by atoms with Crippen LogP contribution in [-0.2, 0) is 16.6 Å². The minimum absolute atomic E-state index is 0.163. The average Bonchev–Trinajstić information content (AvgIpc) is 3.51. The minimum Gasteiger partial charge on any atom is -0.481 e. The molecule has 0 unspecified atom stereocenters. The van der Waals surface area contributed by atoms with Crippen molar-refractivity contribution >= 4 is 17.6 Å². The minimum atomic E-state index is -2.99. The van der Waals surface area contributed by atoms with Gasteiger partial charge in [0.15, 0.2) is 0 Å². The third-order valence-electron chi connectivity index (χ3n) is 5.32. The van der Waals surface area contributed by atoms with Gasteiger partial charge in [-0.05, 0) is 59.7 Å². The van der Waals surface area contributed by atoms with E-state index in [0.29, 0.717) is 35.4 Å². The summed E-state index contributed by atoms with van der Waals surface area (Å²) in [6, 6.07) is 16.1. The van der Waals surface area contributed by atoms with E-state index < -0.39 is 18.0 Å². The van der Waals surface area contributed by atoms with Gasteiger partial charge in [-0.2, -0.15) is 8.78 Å². The van der Waals surface area contributed by atoms with E-state index in [1.54, 1.807) is 30.3 Å². The van der Waals surface area contributed by atoms with Crippen molar-refractivity contribution in [2.75, 3.05) is 0 Å². The summed E-state index contributed by atoms with van der Waals surface area (Å²) >= 11 is 6.05. The molecule has 0 saturated heterocycles. The average molecular weight is 430 g/mol. The molecular weight excluding hydrogens is 412 g/mol. The summed E-state index contributed by atoms with van der Waals surface area (Å²) in [5.41, 5.74) is 2.88. The lowest BCUT2D eigenvalue weighted by molar-refractivity contribution is -0.140. The van der Waals surface area contributed by atoms with Crippen molar-refractivity contribution in [3.8, 4) is 17.0 Å². The number of benzene rings is 2. The SMILES string of the molecule is O=C(O)C1(c2ccc(Cc3cnc(OC(F)F)c(-c4cccc(Cl)c4)c3)cc2)CC1. The zero-order valence-electron chi connectivity index (χ0n) is 15.8. The van der Waals surface area contributed by atoms with Crippen LogP contribution in [0.25, 0.3) is 11.1 Å². The first kappa shape index (κ1) is 20.3. The van der Waals surface area contributed by atoms with E-state index in [4.69, 9.17) is 11.6 Å². The second-order valence-electron chi connectivity index (χ2n) is 7.35. The van der Waals surface area contributed by atoms with Gasteiger partial charge in [-0.3, -0.25) is 4.79 Å². The molecule has 0 amide bonds. The van der Waals surface area contributed by atoms with Crippen LogP contribution in [0.3, 0.4) is 0 Å². The van der Waals surface area contributed by atoms with Crippen molar-refractivity contribution in [2.45, 2.75) is 31.3 Å². The summed E-state index contributed by atoms with van der Waals surface area (Å²) in [6.45, 7) is -2.99.